The molecule has 0 radical (unpaired) electrons. The van der Waals surface area contributed by atoms with Crippen molar-refractivity contribution in [3.8, 4) is 0 Å². The molecule has 0 aromatic carbocycles. The molecule has 0 spiro atoms. The molecule has 0 aromatic heterocycles. The molecule has 1 fully saturated rings. The summed E-state index contributed by atoms with van der Waals surface area (Å²) in [5.41, 5.74) is 0. The average molecular weight is 189 g/mol. The van der Waals surface area contributed by atoms with Crippen LogP contribution >= 0.6 is 0 Å². The van der Waals surface area contributed by atoms with E-state index in [1.54, 1.807) is 0 Å². The Morgan fingerprint density at radius 1 is 1.54 bits per heavy atom. The molecule has 1 aliphatic rings. The summed E-state index contributed by atoms with van der Waals surface area (Å²) in [5, 5.41) is 18.0. The van der Waals surface area contributed by atoms with Gasteiger partial charge in [0.25, 0.3) is 0 Å². The van der Waals surface area contributed by atoms with Gasteiger partial charge in [-0.2, -0.15) is 0 Å². The van der Waals surface area contributed by atoms with Gasteiger partial charge in [-0.3, -0.25) is 4.79 Å². The minimum atomic E-state index is -0.688. The first-order valence-corrected chi connectivity index (χ1v) is 4.79. The standard InChI is InChI=1S/C7H13NO3.C2H6/c1-2-8-5(4-9)6(10)3-7(8)11;1-2/h5-6,9-10H,2-4H2,1H3;1-2H3. The van der Waals surface area contributed by atoms with E-state index in [1.807, 2.05) is 20.8 Å². The Bertz CT molecular complexity index is 161. The molecule has 1 saturated heterocycles. The highest BCUT2D eigenvalue weighted by molar-refractivity contribution is 5.79. The third-order valence-corrected chi connectivity index (χ3v) is 2.08. The van der Waals surface area contributed by atoms with Gasteiger partial charge < -0.3 is 15.1 Å². The Morgan fingerprint density at radius 2 is 2.08 bits per heavy atom. The molecule has 0 aliphatic carbocycles. The number of rotatable bonds is 2. The number of nitrogens with zero attached hydrogens (tertiary/aromatic N) is 1. The van der Waals surface area contributed by atoms with Crippen LogP contribution in [0, 0.1) is 0 Å². The first-order chi connectivity index (χ1) is 6.20. The van der Waals surface area contributed by atoms with Crippen LogP contribution in [0.5, 0.6) is 0 Å². The van der Waals surface area contributed by atoms with Gasteiger partial charge in [0, 0.05) is 6.54 Å². The predicted molar refractivity (Wildman–Crippen MR) is 50.2 cm³/mol. The number of likely N-dealkylation sites (tertiary alicyclic amines) is 1. The van der Waals surface area contributed by atoms with Gasteiger partial charge in [0.15, 0.2) is 0 Å². The van der Waals surface area contributed by atoms with Crippen LogP contribution < -0.4 is 0 Å². The summed E-state index contributed by atoms with van der Waals surface area (Å²) in [4.78, 5) is 12.5. The number of amides is 1. The monoisotopic (exact) mass is 189 g/mol. The van der Waals surface area contributed by atoms with E-state index >= 15 is 0 Å². The van der Waals surface area contributed by atoms with Crippen molar-refractivity contribution in [1.82, 2.24) is 4.90 Å². The first-order valence-electron chi connectivity index (χ1n) is 4.79. The van der Waals surface area contributed by atoms with E-state index in [-0.39, 0.29) is 25.0 Å². The number of aliphatic hydroxyl groups excluding tert-OH is 2. The van der Waals surface area contributed by atoms with Crippen LogP contribution in [-0.4, -0.2) is 46.3 Å². The highest BCUT2D eigenvalue weighted by Gasteiger charge is 2.36. The fourth-order valence-electron chi connectivity index (χ4n) is 1.46. The van der Waals surface area contributed by atoms with Crippen molar-refractivity contribution in [2.75, 3.05) is 13.2 Å². The summed E-state index contributed by atoms with van der Waals surface area (Å²) in [6, 6.07) is -0.382. The zero-order valence-electron chi connectivity index (χ0n) is 8.53. The Labute approximate surface area is 79.2 Å². The number of aliphatic hydroxyl groups is 2. The lowest BCUT2D eigenvalue weighted by Gasteiger charge is -2.22. The highest BCUT2D eigenvalue weighted by atomic mass is 16.3. The second-order valence-corrected chi connectivity index (χ2v) is 2.70. The minimum Gasteiger partial charge on any atom is -0.394 e. The van der Waals surface area contributed by atoms with Crippen LogP contribution in [0.4, 0.5) is 0 Å². The van der Waals surface area contributed by atoms with Gasteiger partial charge in [0.2, 0.25) is 5.91 Å². The van der Waals surface area contributed by atoms with E-state index in [9.17, 15) is 9.90 Å². The molecule has 1 heterocycles. The molecule has 0 aromatic rings. The van der Waals surface area contributed by atoms with Crippen LogP contribution in [0.3, 0.4) is 0 Å². The predicted octanol–water partition coefficient (Wildman–Crippen LogP) is -0.0134. The van der Waals surface area contributed by atoms with Gasteiger partial charge >= 0.3 is 0 Å². The molecule has 4 nitrogen and oxygen atoms in total. The van der Waals surface area contributed by atoms with Crippen LogP contribution in [0.1, 0.15) is 27.2 Å². The van der Waals surface area contributed by atoms with Crippen molar-refractivity contribution < 1.29 is 15.0 Å². The first kappa shape index (κ1) is 12.4. The molecule has 2 atom stereocenters. The molecular formula is C9H19NO3. The lowest BCUT2D eigenvalue weighted by molar-refractivity contribution is -0.129. The van der Waals surface area contributed by atoms with E-state index in [2.05, 4.69) is 0 Å². The highest BCUT2D eigenvalue weighted by Crippen LogP contribution is 2.17. The largest absolute Gasteiger partial charge is 0.394 e. The van der Waals surface area contributed by atoms with E-state index in [0.29, 0.717) is 6.54 Å². The minimum absolute atomic E-state index is 0.0703. The second-order valence-electron chi connectivity index (χ2n) is 2.70. The van der Waals surface area contributed by atoms with Crippen LogP contribution in [0.2, 0.25) is 0 Å². The SMILES string of the molecule is CC.CCN1C(=O)CC(O)C1CO. The zero-order valence-corrected chi connectivity index (χ0v) is 8.53. The fourth-order valence-corrected chi connectivity index (χ4v) is 1.46. The number of hydrogen-bond donors (Lipinski definition) is 2. The average Bonchev–Trinajstić information content (AvgIpc) is 2.43. The number of hydrogen-bond acceptors (Lipinski definition) is 3. The molecule has 13 heavy (non-hydrogen) atoms. The quantitative estimate of drug-likeness (QED) is 0.642. The van der Waals surface area contributed by atoms with Crippen LogP contribution in [0.15, 0.2) is 0 Å². The molecule has 0 bridgehead atoms. The number of carbonyl (C=O) groups is 1. The Hall–Kier alpha value is -0.610. The molecular weight excluding hydrogens is 170 g/mol. The number of carbonyl (C=O) groups excluding carboxylic acids is 1. The topological polar surface area (TPSA) is 60.8 Å². The fraction of sp³-hybridized carbons (Fsp3) is 0.889. The van der Waals surface area contributed by atoms with Gasteiger partial charge in [0.1, 0.15) is 0 Å². The molecule has 1 amide bonds. The number of likely N-dealkylation sites (N-methyl/N-ethyl adjacent to an activating group) is 1. The van der Waals surface area contributed by atoms with Crippen molar-refractivity contribution in [3.63, 3.8) is 0 Å². The molecule has 2 N–H and O–H groups in total. The summed E-state index contributed by atoms with van der Waals surface area (Å²) in [5.74, 6) is -0.0703. The van der Waals surface area contributed by atoms with Crippen molar-refractivity contribution >= 4 is 5.91 Å². The van der Waals surface area contributed by atoms with Gasteiger partial charge in [-0.05, 0) is 6.92 Å². The molecule has 1 rings (SSSR count). The van der Waals surface area contributed by atoms with Gasteiger partial charge in [-0.1, -0.05) is 13.8 Å². The summed E-state index contributed by atoms with van der Waals surface area (Å²) in [6.07, 6.45) is -0.536. The summed E-state index contributed by atoms with van der Waals surface area (Å²) < 4.78 is 0. The van der Waals surface area contributed by atoms with Gasteiger partial charge in [0.05, 0.1) is 25.2 Å². The van der Waals surface area contributed by atoms with Crippen molar-refractivity contribution in [3.05, 3.63) is 0 Å². The molecule has 0 saturated carbocycles. The molecule has 78 valence electrons. The maximum Gasteiger partial charge on any atom is 0.225 e. The van der Waals surface area contributed by atoms with Crippen LogP contribution in [0.25, 0.3) is 0 Å². The third-order valence-electron chi connectivity index (χ3n) is 2.08. The lowest BCUT2D eigenvalue weighted by Crippen LogP contribution is -2.39. The Kier molecular flexibility index (Phi) is 5.66. The Balaban J connectivity index is 0.000000671. The normalized spacial score (nSPS) is 27.2. The molecule has 4 heteroatoms. The summed E-state index contributed by atoms with van der Waals surface area (Å²) in [6.45, 7) is 6.24. The van der Waals surface area contributed by atoms with E-state index in [1.165, 1.54) is 4.90 Å². The van der Waals surface area contributed by atoms with Crippen molar-refractivity contribution in [2.45, 2.75) is 39.3 Å². The smallest absolute Gasteiger partial charge is 0.225 e. The maximum absolute atomic E-state index is 11.0. The van der Waals surface area contributed by atoms with Crippen molar-refractivity contribution in [1.29, 1.82) is 0 Å². The molecule has 2 unspecified atom stereocenters. The van der Waals surface area contributed by atoms with Crippen molar-refractivity contribution in [2.24, 2.45) is 0 Å². The summed E-state index contributed by atoms with van der Waals surface area (Å²) >= 11 is 0. The summed E-state index contributed by atoms with van der Waals surface area (Å²) in [7, 11) is 0. The lowest BCUT2D eigenvalue weighted by atomic mass is 10.2. The second kappa shape index (κ2) is 5.94. The van der Waals surface area contributed by atoms with Crippen LogP contribution in [-0.2, 0) is 4.79 Å². The zero-order chi connectivity index (χ0) is 10.4. The van der Waals surface area contributed by atoms with E-state index < -0.39 is 6.10 Å². The Morgan fingerprint density at radius 3 is 2.38 bits per heavy atom. The van der Waals surface area contributed by atoms with E-state index in [0.717, 1.165) is 0 Å². The van der Waals surface area contributed by atoms with Gasteiger partial charge in [-0.15, -0.1) is 0 Å². The maximum atomic E-state index is 11.0. The van der Waals surface area contributed by atoms with E-state index in [4.69, 9.17) is 5.11 Å². The molecule has 1 aliphatic heterocycles. The van der Waals surface area contributed by atoms with Gasteiger partial charge in [-0.25, -0.2) is 0 Å². The third kappa shape index (κ3) is 2.67.